The van der Waals surface area contributed by atoms with Crippen LogP contribution in [0.4, 0.5) is 0 Å². The minimum Gasteiger partial charge on any atom is -0.504 e. The van der Waals surface area contributed by atoms with E-state index in [1.165, 1.54) is 50.6 Å². The van der Waals surface area contributed by atoms with Crippen molar-refractivity contribution < 1.29 is 38.7 Å². The van der Waals surface area contributed by atoms with Gasteiger partial charge in [0.15, 0.2) is 23.0 Å². The molecule has 0 aliphatic heterocycles. The molecule has 166 valence electrons. The minimum absolute atomic E-state index is 0.0389. The molecule has 0 aliphatic carbocycles. The predicted octanol–water partition coefficient (Wildman–Crippen LogP) is 3.83. The van der Waals surface area contributed by atoms with Gasteiger partial charge in [-0.15, -0.1) is 0 Å². The standard InChI is InChI=1S/C24H22O8/c1-29-21-11-15(7-9-19(21)25)23(27)31-13-17-5-3-4-6-18(17)14-32-24(28)16-8-10-20(26)22(12-16)30-2/h3-12,25-26H,13-14H2,1-2H3. The minimum atomic E-state index is -0.591. The monoisotopic (exact) mass is 438 g/mol. The van der Waals surface area contributed by atoms with Gasteiger partial charge < -0.3 is 29.2 Å². The lowest BCUT2D eigenvalue weighted by Gasteiger charge is -2.12. The van der Waals surface area contributed by atoms with Gasteiger partial charge in [-0.2, -0.15) is 0 Å². The van der Waals surface area contributed by atoms with Gasteiger partial charge >= 0.3 is 11.9 Å². The third kappa shape index (κ3) is 5.28. The van der Waals surface area contributed by atoms with E-state index in [1.807, 2.05) is 0 Å². The molecule has 0 aliphatic rings. The van der Waals surface area contributed by atoms with E-state index in [1.54, 1.807) is 24.3 Å². The Morgan fingerprint density at radius 1 is 0.688 bits per heavy atom. The van der Waals surface area contributed by atoms with Crippen molar-refractivity contribution >= 4 is 11.9 Å². The number of hydrogen-bond acceptors (Lipinski definition) is 8. The Labute approximate surface area is 184 Å². The Morgan fingerprint density at radius 3 is 1.47 bits per heavy atom. The molecule has 0 saturated carbocycles. The Kier molecular flexibility index (Phi) is 7.17. The van der Waals surface area contributed by atoms with Crippen molar-refractivity contribution in [3.8, 4) is 23.0 Å². The largest absolute Gasteiger partial charge is 0.504 e. The second-order valence-electron chi connectivity index (χ2n) is 6.69. The number of esters is 2. The molecule has 3 aromatic rings. The smallest absolute Gasteiger partial charge is 0.338 e. The SMILES string of the molecule is COc1cc(C(=O)OCc2ccccc2COC(=O)c2ccc(O)c(OC)c2)ccc1O. The number of ether oxygens (including phenoxy) is 4. The van der Waals surface area contributed by atoms with Gasteiger partial charge in [-0.05, 0) is 47.5 Å². The lowest BCUT2D eigenvalue weighted by Crippen LogP contribution is -2.09. The molecule has 0 atom stereocenters. The number of rotatable bonds is 8. The summed E-state index contributed by atoms with van der Waals surface area (Å²) in [4.78, 5) is 24.7. The van der Waals surface area contributed by atoms with Crippen molar-refractivity contribution in [2.45, 2.75) is 13.2 Å². The van der Waals surface area contributed by atoms with Gasteiger partial charge in [0, 0.05) is 0 Å². The summed E-state index contributed by atoms with van der Waals surface area (Å²) in [5.41, 5.74) is 1.79. The normalized spacial score (nSPS) is 10.3. The molecule has 8 nitrogen and oxygen atoms in total. The van der Waals surface area contributed by atoms with E-state index in [2.05, 4.69) is 0 Å². The molecule has 32 heavy (non-hydrogen) atoms. The molecule has 0 amide bonds. The number of benzene rings is 3. The van der Waals surface area contributed by atoms with E-state index >= 15 is 0 Å². The Balaban J connectivity index is 1.64. The van der Waals surface area contributed by atoms with E-state index in [9.17, 15) is 19.8 Å². The fourth-order valence-electron chi connectivity index (χ4n) is 2.90. The summed E-state index contributed by atoms with van der Waals surface area (Å²) in [6, 6.07) is 15.4. The Hall–Kier alpha value is -4.20. The van der Waals surface area contributed by atoms with E-state index in [0.717, 1.165) is 0 Å². The van der Waals surface area contributed by atoms with Crippen LogP contribution in [0, 0.1) is 0 Å². The second-order valence-corrected chi connectivity index (χ2v) is 6.69. The number of hydrogen-bond donors (Lipinski definition) is 2. The molecule has 3 rings (SSSR count). The van der Waals surface area contributed by atoms with Gasteiger partial charge in [-0.3, -0.25) is 0 Å². The molecule has 0 heterocycles. The lowest BCUT2D eigenvalue weighted by molar-refractivity contribution is 0.0435. The van der Waals surface area contributed by atoms with Gasteiger partial charge in [-0.25, -0.2) is 9.59 Å². The highest BCUT2D eigenvalue weighted by Crippen LogP contribution is 2.28. The van der Waals surface area contributed by atoms with Crippen molar-refractivity contribution in [3.63, 3.8) is 0 Å². The van der Waals surface area contributed by atoms with Crippen LogP contribution >= 0.6 is 0 Å². The highest BCUT2D eigenvalue weighted by Gasteiger charge is 2.15. The molecular weight excluding hydrogens is 416 g/mol. The maximum atomic E-state index is 12.4. The van der Waals surface area contributed by atoms with Crippen molar-refractivity contribution in [3.05, 3.63) is 82.9 Å². The average molecular weight is 438 g/mol. The van der Waals surface area contributed by atoms with Gasteiger partial charge in [0.05, 0.1) is 25.3 Å². The molecule has 8 heteroatoms. The van der Waals surface area contributed by atoms with Crippen LogP contribution in [0.15, 0.2) is 60.7 Å². The summed E-state index contributed by atoms with van der Waals surface area (Å²) < 4.78 is 20.7. The summed E-state index contributed by atoms with van der Waals surface area (Å²) in [5, 5.41) is 19.3. The van der Waals surface area contributed by atoms with Crippen molar-refractivity contribution in [2.24, 2.45) is 0 Å². The van der Waals surface area contributed by atoms with Gasteiger partial charge in [0.25, 0.3) is 0 Å². The quantitative estimate of drug-likeness (QED) is 0.511. The Bertz CT molecular complexity index is 1030. The molecule has 3 aromatic carbocycles. The maximum absolute atomic E-state index is 12.4. The number of carbonyl (C=O) groups is 2. The molecular formula is C24H22O8. The maximum Gasteiger partial charge on any atom is 0.338 e. The van der Waals surface area contributed by atoms with Crippen LogP contribution in [-0.2, 0) is 22.7 Å². The first-order chi connectivity index (χ1) is 15.4. The first-order valence-electron chi connectivity index (χ1n) is 9.58. The van der Waals surface area contributed by atoms with Crippen LogP contribution in [0.5, 0.6) is 23.0 Å². The number of methoxy groups -OCH3 is 2. The predicted molar refractivity (Wildman–Crippen MR) is 114 cm³/mol. The van der Waals surface area contributed by atoms with Crippen LogP contribution in [0.1, 0.15) is 31.8 Å². The molecule has 2 N–H and O–H groups in total. The van der Waals surface area contributed by atoms with E-state index in [0.29, 0.717) is 11.1 Å². The highest BCUT2D eigenvalue weighted by molar-refractivity contribution is 5.90. The van der Waals surface area contributed by atoms with Gasteiger partial charge in [-0.1, -0.05) is 24.3 Å². The summed E-state index contributed by atoms with van der Waals surface area (Å²) in [5.74, 6) is -1.02. The first kappa shape index (κ1) is 22.5. The van der Waals surface area contributed by atoms with Crippen LogP contribution in [-0.4, -0.2) is 36.4 Å². The summed E-state index contributed by atoms with van der Waals surface area (Å²) in [7, 11) is 2.77. The molecule has 0 aromatic heterocycles. The third-order valence-corrected chi connectivity index (χ3v) is 4.67. The van der Waals surface area contributed by atoms with Crippen molar-refractivity contribution in [1.82, 2.24) is 0 Å². The van der Waals surface area contributed by atoms with Crippen molar-refractivity contribution in [2.75, 3.05) is 14.2 Å². The molecule has 0 unspecified atom stereocenters. The van der Waals surface area contributed by atoms with E-state index < -0.39 is 11.9 Å². The third-order valence-electron chi connectivity index (χ3n) is 4.67. The summed E-state index contributed by atoms with van der Waals surface area (Å²) in [6.07, 6.45) is 0. The molecule has 0 saturated heterocycles. The lowest BCUT2D eigenvalue weighted by atomic mass is 10.1. The number of carbonyl (C=O) groups excluding carboxylic acids is 2. The zero-order valence-electron chi connectivity index (χ0n) is 17.5. The summed E-state index contributed by atoms with van der Waals surface area (Å²) >= 11 is 0. The first-order valence-corrected chi connectivity index (χ1v) is 9.58. The van der Waals surface area contributed by atoms with Crippen LogP contribution in [0.25, 0.3) is 0 Å². The topological polar surface area (TPSA) is 112 Å². The zero-order valence-corrected chi connectivity index (χ0v) is 17.5. The van der Waals surface area contributed by atoms with Gasteiger partial charge in [0.2, 0.25) is 0 Å². The molecule has 0 spiro atoms. The van der Waals surface area contributed by atoms with E-state index in [4.69, 9.17) is 18.9 Å². The van der Waals surface area contributed by atoms with Crippen LogP contribution < -0.4 is 9.47 Å². The van der Waals surface area contributed by atoms with Gasteiger partial charge in [0.1, 0.15) is 13.2 Å². The van der Waals surface area contributed by atoms with Crippen LogP contribution in [0.3, 0.4) is 0 Å². The molecule has 0 fully saturated rings. The fraction of sp³-hybridized carbons (Fsp3) is 0.167. The van der Waals surface area contributed by atoms with E-state index in [-0.39, 0.29) is 47.3 Å². The average Bonchev–Trinajstić information content (AvgIpc) is 2.82. The van der Waals surface area contributed by atoms with Crippen LogP contribution in [0.2, 0.25) is 0 Å². The van der Waals surface area contributed by atoms with Crippen molar-refractivity contribution in [1.29, 1.82) is 0 Å². The molecule has 0 radical (unpaired) electrons. The second kappa shape index (κ2) is 10.2. The molecule has 0 bridgehead atoms. The number of phenolic OH excluding ortho intramolecular Hbond substituents is 2. The summed E-state index contributed by atoms with van der Waals surface area (Å²) in [6.45, 7) is -0.0778. The Morgan fingerprint density at radius 2 is 1.09 bits per heavy atom. The number of phenols is 2. The zero-order chi connectivity index (χ0) is 23.1. The fourth-order valence-corrected chi connectivity index (χ4v) is 2.90. The number of aromatic hydroxyl groups is 2. The highest BCUT2D eigenvalue weighted by atomic mass is 16.5.